The summed E-state index contributed by atoms with van der Waals surface area (Å²) >= 11 is 0. The molecule has 8 nitrogen and oxygen atoms in total. The van der Waals surface area contributed by atoms with E-state index in [1.807, 2.05) is 56.3 Å². The van der Waals surface area contributed by atoms with E-state index in [9.17, 15) is 18.0 Å². The number of esters is 1. The van der Waals surface area contributed by atoms with Crippen LogP contribution < -0.4 is 14.9 Å². The van der Waals surface area contributed by atoms with Gasteiger partial charge in [0.05, 0.1) is 16.7 Å². The van der Waals surface area contributed by atoms with Gasteiger partial charge in [0.1, 0.15) is 5.75 Å². The van der Waals surface area contributed by atoms with Crippen LogP contribution in [0.3, 0.4) is 0 Å². The summed E-state index contributed by atoms with van der Waals surface area (Å²) in [6.07, 6.45) is 1.43. The Morgan fingerprint density at radius 1 is 0.738 bits per heavy atom. The van der Waals surface area contributed by atoms with E-state index in [4.69, 9.17) is 4.74 Å². The van der Waals surface area contributed by atoms with E-state index in [0.29, 0.717) is 22.6 Å². The minimum Gasteiger partial charge on any atom is -0.422 e. The Morgan fingerprint density at radius 2 is 1.36 bits per heavy atom. The van der Waals surface area contributed by atoms with Crippen LogP contribution in [0.2, 0.25) is 0 Å². The number of carbonyl (C=O) groups is 2. The molecule has 5 aromatic carbocycles. The summed E-state index contributed by atoms with van der Waals surface area (Å²) in [7, 11) is -3.77. The van der Waals surface area contributed by atoms with Crippen LogP contribution in [0.15, 0.2) is 119 Å². The van der Waals surface area contributed by atoms with Gasteiger partial charge in [-0.3, -0.25) is 9.52 Å². The van der Waals surface area contributed by atoms with Gasteiger partial charge in [0, 0.05) is 16.8 Å². The van der Waals surface area contributed by atoms with Gasteiger partial charge in [-0.1, -0.05) is 65.7 Å². The molecule has 0 spiro atoms. The number of fused-ring (bicyclic) bond motifs is 1. The van der Waals surface area contributed by atoms with Crippen molar-refractivity contribution < 1.29 is 22.7 Å². The van der Waals surface area contributed by atoms with E-state index in [1.165, 1.54) is 42.6 Å². The summed E-state index contributed by atoms with van der Waals surface area (Å²) in [6.45, 7) is 3.81. The second-order valence-electron chi connectivity index (χ2n) is 9.65. The summed E-state index contributed by atoms with van der Waals surface area (Å²) < 4.78 is 33.5. The lowest BCUT2D eigenvalue weighted by molar-refractivity contribution is 0.0734. The fourth-order valence-corrected chi connectivity index (χ4v) is 5.25. The molecule has 0 unspecified atom stereocenters. The average molecular weight is 578 g/mol. The van der Waals surface area contributed by atoms with Crippen molar-refractivity contribution in [3.8, 4) is 5.75 Å². The highest BCUT2D eigenvalue weighted by atomic mass is 32.2. The summed E-state index contributed by atoms with van der Waals surface area (Å²) in [4.78, 5) is 25.7. The lowest BCUT2D eigenvalue weighted by atomic mass is 10.0. The van der Waals surface area contributed by atoms with E-state index in [1.54, 1.807) is 30.3 Å². The molecule has 5 rings (SSSR count). The van der Waals surface area contributed by atoms with Crippen molar-refractivity contribution in [3.63, 3.8) is 0 Å². The molecule has 0 bridgehead atoms. The molecule has 0 aliphatic carbocycles. The maximum atomic E-state index is 12.8. The molecule has 5 aromatic rings. The molecule has 2 N–H and O–H groups in total. The number of nitrogens with zero attached hydrogens (tertiary/aromatic N) is 1. The first-order valence-electron chi connectivity index (χ1n) is 13.0. The van der Waals surface area contributed by atoms with E-state index >= 15 is 0 Å². The minimum atomic E-state index is -3.77. The van der Waals surface area contributed by atoms with Crippen molar-refractivity contribution in [1.82, 2.24) is 5.43 Å². The molecular formula is C33H27N3O5S. The van der Waals surface area contributed by atoms with Crippen molar-refractivity contribution in [1.29, 1.82) is 0 Å². The highest BCUT2D eigenvalue weighted by Gasteiger charge is 2.15. The largest absolute Gasteiger partial charge is 0.422 e. The highest BCUT2D eigenvalue weighted by molar-refractivity contribution is 7.92. The number of benzene rings is 5. The predicted molar refractivity (Wildman–Crippen MR) is 164 cm³/mol. The fraction of sp³-hybridized carbons (Fsp3) is 0.0606. The van der Waals surface area contributed by atoms with Crippen LogP contribution in [0.4, 0.5) is 5.69 Å². The number of hydrazone groups is 1. The zero-order valence-corrected chi connectivity index (χ0v) is 23.7. The molecule has 9 heteroatoms. The van der Waals surface area contributed by atoms with Gasteiger partial charge in [-0.2, -0.15) is 5.10 Å². The van der Waals surface area contributed by atoms with Gasteiger partial charge in [-0.25, -0.2) is 18.6 Å². The first kappa shape index (κ1) is 28.3. The summed E-state index contributed by atoms with van der Waals surface area (Å²) in [5.41, 5.74) is 5.98. The maximum absolute atomic E-state index is 12.8. The van der Waals surface area contributed by atoms with Crippen LogP contribution in [0.1, 0.15) is 37.4 Å². The zero-order valence-electron chi connectivity index (χ0n) is 22.9. The monoisotopic (exact) mass is 577 g/mol. The predicted octanol–water partition coefficient (Wildman–Crippen LogP) is 6.24. The van der Waals surface area contributed by atoms with Gasteiger partial charge in [-0.15, -0.1) is 0 Å². The number of amides is 1. The molecule has 0 saturated heterocycles. The molecule has 1 amide bonds. The average Bonchev–Trinajstić information content (AvgIpc) is 2.98. The Kier molecular flexibility index (Phi) is 8.12. The molecule has 0 heterocycles. The van der Waals surface area contributed by atoms with Crippen LogP contribution >= 0.6 is 0 Å². The van der Waals surface area contributed by atoms with E-state index in [-0.39, 0.29) is 10.5 Å². The number of hydrogen-bond donors (Lipinski definition) is 2. The third kappa shape index (κ3) is 6.54. The number of rotatable bonds is 8. The van der Waals surface area contributed by atoms with Crippen LogP contribution in [0.5, 0.6) is 5.75 Å². The molecule has 0 saturated carbocycles. The Balaban J connectivity index is 1.31. The maximum Gasteiger partial charge on any atom is 0.343 e. The molecule has 0 aliphatic rings. The number of ether oxygens (including phenoxy) is 1. The number of sulfonamides is 1. The lowest BCUT2D eigenvalue weighted by Crippen LogP contribution is -2.18. The fourth-order valence-electron chi connectivity index (χ4n) is 4.19. The second kappa shape index (κ2) is 12.1. The van der Waals surface area contributed by atoms with E-state index in [0.717, 1.165) is 21.9 Å². The number of anilines is 1. The molecule has 210 valence electrons. The van der Waals surface area contributed by atoms with Crippen molar-refractivity contribution in [2.75, 3.05) is 4.72 Å². The standard InChI is InChI=1S/C33H27N3O5S/c1-22-7-11-26(12-8-22)33(38)41-31-20-15-24-5-3-4-6-29(24)30(31)21-34-35-32(37)25-13-16-27(17-14-25)36-42(39,40)28-18-9-23(2)10-19-28/h3-21,36H,1-2H3,(H,35,37)/b34-21+. The molecule has 0 radical (unpaired) electrons. The SMILES string of the molecule is Cc1ccc(C(=O)Oc2ccc3ccccc3c2/C=N/NC(=O)c2ccc(NS(=O)(=O)c3ccc(C)cc3)cc2)cc1. The van der Waals surface area contributed by atoms with Crippen molar-refractivity contribution in [2.45, 2.75) is 18.7 Å². The van der Waals surface area contributed by atoms with Crippen LogP contribution in [-0.2, 0) is 10.0 Å². The number of hydrogen-bond acceptors (Lipinski definition) is 6. The topological polar surface area (TPSA) is 114 Å². The molecule has 0 atom stereocenters. The van der Waals surface area contributed by atoms with E-state index < -0.39 is 21.9 Å². The first-order chi connectivity index (χ1) is 20.2. The van der Waals surface area contributed by atoms with Gasteiger partial charge in [0.15, 0.2) is 0 Å². The molecule has 0 aromatic heterocycles. The second-order valence-corrected chi connectivity index (χ2v) is 11.3. The van der Waals surface area contributed by atoms with Crippen LogP contribution in [0, 0.1) is 13.8 Å². The quantitative estimate of drug-likeness (QED) is 0.0981. The zero-order chi connectivity index (χ0) is 29.7. The molecule has 0 fully saturated rings. The van der Waals surface area contributed by atoms with Crippen molar-refractivity contribution >= 4 is 44.6 Å². The Hall–Kier alpha value is -5.28. The van der Waals surface area contributed by atoms with Gasteiger partial charge < -0.3 is 4.74 Å². The van der Waals surface area contributed by atoms with Crippen LogP contribution in [-0.4, -0.2) is 26.5 Å². The van der Waals surface area contributed by atoms with Gasteiger partial charge in [-0.05, 0) is 79.2 Å². The van der Waals surface area contributed by atoms with Crippen molar-refractivity contribution in [2.24, 2.45) is 5.10 Å². The van der Waals surface area contributed by atoms with Crippen LogP contribution in [0.25, 0.3) is 10.8 Å². The number of nitrogens with one attached hydrogen (secondary N) is 2. The van der Waals surface area contributed by atoms with Gasteiger partial charge in [0.25, 0.3) is 15.9 Å². The Morgan fingerprint density at radius 3 is 2.05 bits per heavy atom. The summed E-state index contributed by atoms with van der Waals surface area (Å²) in [5, 5.41) is 5.82. The molecule has 0 aliphatic heterocycles. The normalized spacial score (nSPS) is 11.4. The van der Waals surface area contributed by atoms with E-state index in [2.05, 4.69) is 15.2 Å². The first-order valence-corrected chi connectivity index (χ1v) is 14.5. The third-order valence-electron chi connectivity index (χ3n) is 6.51. The summed E-state index contributed by atoms with van der Waals surface area (Å²) in [6, 6.07) is 30.6. The number of carbonyl (C=O) groups excluding carboxylic acids is 2. The molecular weight excluding hydrogens is 550 g/mol. The third-order valence-corrected chi connectivity index (χ3v) is 7.91. The lowest BCUT2D eigenvalue weighted by Gasteiger charge is -2.11. The molecule has 42 heavy (non-hydrogen) atoms. The Labute approximate surface area is 243 Å². The van der Waals surface area contributed by atoms with Gasteiger partial charge in [0.2, 0.25) is 0 Å². The highest BCUT2D eigenvalue weighted by Crippen LogP contribution is 2.27. The summed E-state index contributed by atoms with van der Waals surface area (Å²) in [5.74, 6) is -0.720. The smallest absolute Gasteiger partial charge is 0.343 e. The van der Waals surface area contributed by atoms with Crippen molar-refractivity contribution in [3.05, 3.63) is 137 Å². The minimum absolute atomic E-state index is 0.140. The van der Waals surface area contributed by atoms with Gasteiger partial charge >= 0.3 is 5.97 Å². The Bertz CT molecular complexity index is 1900. The number of aryl methyl sites for hydroxylation is 2.